The van der Waals surface area contributed by atoms with Crippen molar-refractivity contribution in [1.29, 1.82) is 0 Å². The van der Waals surface area contributed by atoms with E-state index in [4.69, 9.17) is 4.74 Å². The van der Waals surface area contributed by atoms with Crippen LogP contribution in [0, 0.1) is 13.8 Å². The fraction of sp³-hybridized carbons (Fsp3) is 0.632. The zero-order chi connectivity index (χ0) is 18.9. The van der Waals surface area contributed by atoms with Crippen LogP contribution < -0.4 is 0 Å². The van der Waals surface area contributed by atoms with Gasteiger partial charge in [-0.2, -0.15) is 0 Å². The second kappa shape index (κ2) is 7.54. The first-order chi connectivity index (χ1) is 11.5. The largest absolute Gasteiger partial charge is 0.469 e. The fourth-order valence-corrected chi connectivity index (χ4v) is 4.90. The Morgan fingerprint density at radius 1 is 1.32 bits per heavy atom. The molecule has 0 spiro atoms. The van der Waals surface area contributed by atoms with Crippen molar-refractivity contribution in [3.63, 3.8) is 0 Å². The lowest BCUT2D eigenvalue weighted by atomic mass is 9.85. The summed E-state index contributed by atoms with van der Waals surface area (Å²) in [6.07, 6.45) is -0.812. The lowest BCUT2D eigenvalue weighted by Crippen LogP contribution is -2.34. The lowest BCUT2D eigenvalue weighted by molar-refractivity contribution is -0.141. The summed E-state index contributed by atoms with van der Waals surface area (Å²) >= 11 is 0. The number of carbonyl (C=O) groups excluding carboxylic acids is 1. The van der Waals surface area contributed by atoms with E-state index in [1.165, 1.54) is 12.7 Å². The van der Waals surface area contributed by atoms with Gasteiger partial charge in [0.2, 0.25) is 0 Å². The van der Waals surface area contributed by atoms with E-state index in [0.29, 0.717) is 0 Å². The maximum atomic E-state index is 13.9. The Kier molecular flexibility index (Phi) is 6.05. The highest BCUT2D eigenvalue weighted by Gasteiger charge is 2.38. The third-order valence-corrected chi connectivity index (χ3v) is 6.52. The molecule has 0 radical (unpaired) electrons. The van der Waals surface area contributed by atoms with Crippen LogP contribution in [-0.2, 0) is 25.9 Å². The minimum atomic E-state index is -1.50. The molecule has 1 aliphatic heterocycles. The van der Waals surface area contributed by atoms with Crippen molar-refractivity contribution >= 4 is 17.0 Å². The normalized spacial score (nSPS) is 22.8. The molecule has 0 saturated carbocycles. The molecule has 3 atom stereocenters. The number of ether oxygens (including phenoxy) is 1. The van der Waals surface area contributed by atoms with Gasteiger partial charge in [-0.1, -0.05) is 32.9 Å². The molecule has 140 valence electrons. The van der Waals surface area contributed by atoms with Gasteiger partial charge < -0.3 is 4.74 Å². The van der Waals surface area contributed by atoms with E-state index in [0.717, 1.165) is 16.0 Å². The average molecular weight is 370 g/mol. The topological polar surface area (TPSA) is 46.6 Å². The monoisotopic (exact) mass is 369 g/mol. The van der Waals surface area contributed by atoms with Crippen LogP contribution in [0.25, 0.3) is 0 Å². The number of hydrogen-bond donors (Lipinski definition) is 0. The highest BCUT2D eigenvalue weighted by atomic mass is 32.2. The van der Waals surface area contributed by atoms with E-state index in [-0.39, 0.29) is 24.8 Å². The summed E-state index contributed by atoms with van der Waals surface area (Å²) < 4.78 is 33.4. The summed E-state index contributed by atoms with van der Waals surface area (Å²) in [5, 5.41) is 0. The smallest absolute Gasteiger partial charge is 0.307 e. The van der Waals surface area contributed by atoms with Crippen molar-refractivity contribution in [2.24, 2.45) is 0 Å². The molecule has 1 aromatic carbocycles. The minimum absolute atomic E-state index is 0.000635. The number of alkyl halides is 1. The molecule has 25 heavy (non-hydrogen) atoms. The summed E-state index contributed by atoms with van der Waals surface area (Å²) in [7, 11) is -0.190. The molecule has 1 unspecified atom stereocenters. The molecular formula is C19H28FNO3S. The molecular weight excluding hydrogens is 341 g/mol. The summed E-state index contributed by atoms with van der Waals surface area (Å²) in [4.78, 5) is 12.3. The summed E-state index contributed by atoms with van der Waals surface area (Å²) in [6, 6.07) is 3.71. The number of methoxy groups -OCH3 is 1. The Morgan fingerprint density at radius 2 is 1.88 bits per heavy atom. The highest BCUT2D eigenvalue weighted by molar-refractivity contribution is 7.82. The molecule has 0 amide bonds. The minimum Gasteiger partial charge on any atom is -0.469 e. The first kappa shape index (κ1) is 20.0. The molecule has 6 heteroatoms. The molecule has 0 bridgehead atoms. The van der Waals surface area contributed by atoms with Gasteiger partial charge in [-0.05, 0) is 42.4 Å². The van der Waals surface area contributed by atoms with Crippen LogP contribution in [0.5, 0.6) is 0 Å². The number of carbonyl (C=O) groups is 1. The first-order valence-electron chi connectivity index (χ1n) is 8.55. The van der Waals surface area contributed by atoms with E-state index in [1.807, 2.05) is 13.8 Å². The van der Waals surface area contributed by atoms with Gasteiger partial charge in [0, 0.05) is 12.6 Å². The molecule has 0 aliphatic carbocycles. The Hall–Kier alpha value is -1.27. The third-order valence-electron chi connectivity index (χ3n) is 4.66. The van der Waals surface area contributed by atoms with Crippen LogP contribution in [0.3, 0.4) is 0 Å². The van der Waals surface area contributed by atoms with Crippen molar-refractivity contribution in [3.8, 4) is 0 Å². The predicted octanol–water partition coefficient (Wildman–Crippen LogP) is 3.60. The molecule has 0 aromatic heterocycles. The number of aryl methyl sites for hydroxylation is 2. The molecule has 4 nitrogen and oxygen atoms in total. The number of hydrogen-bond acceptors (Lipinski definition) is 3. The van der Waals surface area contributed by atoms with Gasteiger partial charge in [-0.25, -0.2) is 12.9 Å². The molecule has 1 saturated heterocycles. The van der Waals surface area contributed by atoms with Crippen LogP contribution in [0.4, 0.5) is 4.39 Å². The third kappa shape index (κ3) is 4.47. The SMILES string of the molecule is COC(=O)C[C@@H]1C[C@H](F)CN1S(=O)c1c(C)cc(C(C)(C)C)cc1C. The van der Waals surface area contributed by atoms with Gasteiger partial charge in [-0.15, -0.1) is 0 Å². The van der Waals surface area contributed by atoms with Crippen LogP contribution >= 0.6 is 0 Å². The van der Waals surface area contributed by atoms with E-state index >= 15 is 0 Å². The van der Waals surface area contributed by atoms with Crippen LogP contribution in [0.1, 0.15) is 50.3 Å². The Labute approximate surface area is 152 Å². The quantitative estimate of drug-likeness (QED) is 0.762. The molecule has 1 heterocycles. The van der Waals surface area contributed by atoms with Crippen LogP contribution in [0.2, 0.25) is 0 Å². The Balaban J connectivity index is 2.34. The molecule has 2 rings (SSSR count). The Bertz CT molecular complexity index is 661. The first-order valence-corrected chi connectivity index (χ1v) is 9.66. The standard InChI is InChI=1S/C19H28FNO3S/c1-12-7-14(19(3,4)5)8-13(2)18(12)25(23)21-11-15(20)9-16(21)10-17(22)24-6/h7-8,15-16H,9-11H2,1-6H3/t15-,16-,25?/m0/s1. The average Bonchev–Trinajstić information content (AvgIpc) is 2.85. The lowest BCUT2D eigenvalue weighted by Gasteiger charge is -2.26. The van der Waals surface area contributed by atoms with Crippen molar-refractivity contribution in [2.75, 3.05) is 13.7 Å². The summed E-state index contributed by atoms with van der Waals surface area (Å²) in [5.74, 6) is -0.405. The van der Waals surface area contributed by atoms with Crippen molar-refractivity contribution < 1.29 is 18.1 Å². The molecule has 0 N–H and O–H groups in total. The summed E-state index contributed by atoms with van der Waals surface area (Å²) in [5.41, 5.74) is 3.05. The van der Waals surface area contributed by atoms with Gasteiger partial charge in [-0.3, -0.25) is 4.79 Å². The second-order valence-corrected chi connectivity index (χ2v) is 9.18. The highest BCUT2D eigenvalue weighted by Crippen LogP contribution is 2.33. The zero-order valence-electron chi connectivity index (χ0n) is 15.9. The maximum absolute atomic E-state index is 13.9. The van der Waals surface area contributed by atoms with Crippen molar-refractivity contribution in [3.05, 3.63) is 28.8 Å². The van der Waals surface area contributed by atoms with Gasteiger partial charge in [0.05, 0.1) is 18.4 Å². The van der Waals surface area contributed by atoms with Crippen LogP contribution in [0.15, 0.2) is 17.0 Å². The number of rotatable bonds is 4. The van der Waals surface area contributed by atoms with Crippen molar-refractivity contribution in [2.45, 2.75) is 70.0 Å². The molecule has 1 fully saturated rings. The van der Waals surface area contributed by atoms with Gasteiger partial charge in [0.1, 0.15) is 17.2 Å². The van der Waals surface area contributed by atoms with Crippen molar-refractivity contribution in [1.82, 2.24) is 4.31 Å². The maximum Gasteiger partial charge on any atom is 0.307 e. The summed E-state index contributed by atoms with van der Waals surface area (Å²) in [6.45, 7) is 10.4. The number of nitrogens with zero attached hydrogens (tertiary/aromatic N) is 1. The predicted molar refractivity (Wildman–Crippen MR) is 97.7 cm³/mol. The molecule has 1 aliphatic rings. The number of esters is 1. The van der Waals surface area contributed by atoms with Gasteiger partial charge >= 0.3 is 5.97 Å². The van der Waals surface area contributed by atoms with Gasteiger partial charge in [0.15, 0.2) is 0 Å². The number of benzene rings is 1. The van der Waals surface area contributed by atoms with Gasteiger partial charge in [0.25, 0.3) is 0 Å². The van der Waals surface area contributed by atoms with E-state index in [2.05, 4.69) is 32.9 Å². The Morgan fingerprint density at radius 3 is 2.36 bits per heavy atom. The molecule has 1 aromatic rings. The second-order valence-electron chi connectivity index (χ2n) is 7.81. The zero-order valence-corrected chi connectivity index (χ0v) is 16.7. The number of halogens is 1. The van der Waals surface area contributed by atoms with E-state index in [9.17, 15) is 13.4 Å². The fourth-order valence-electron chi connectivity index (χ4n) is 3.27. The van der Waals surface area contributed by atoms with Crippen LogP contribution in [-0.4, -0.2) is 40.4 Å². The van der Waals surface area contributed by atoms with E-state index < -0.39 is 29.2 Å². The van der Waals surface area contributed by atoms with E-state index in [1.54, 1.807) is 4.31 Å².